The first-order valence-corrected chi connectivity index (χ1v) is 8.41. The quantitative estimate of drug-likeness (QED) is 0.870. The Morgan fingerprint density at radius 3 is 2.95 bits per heavy atom. The number of hydrogen-bond acceptors (Lipinski definition) is 5. The van der Waals surface area contributed by atoms with E-state index in [1.54, 1.807) is 0 Å². The van der Waals surface area contributed by atoms with E-state index < -0.39 is 0 Å². The summed E-state index contributed by atoms with van der Waals surface area (Å²) in [6.45, 7) is 1.71. The van der Waals surface area contributed by atoms with Gasteiger partial charge < -0.3 is 20.1 Å². The van der Waals surface area contributed by atoms with Gasteiger partial charge in [0, 0.05) is 37.6 Å². The molecule has 1 aromatic heterocycles. The molecule has 2 N–H and O–H groups in total. The van der Waals surface area contributed by atoms with E-state index in [0.29, 0.717) is 30.0 Å². The summed E-state index contributed by atoms with van der Waals surface area (Å²) >= 11 is 0. The third-order valence-corrected chi connectivity index (χ3v) is 5.96. The molecule has 5 nitrogen and oxygen atoms in total. The second kappa shape index (κ2) is 5.39. The SMILES string of the molecule is CN(CCO)c1ccc(NC2C3CCOC3C23CCC3)nc1. The smallest absolute Gasteiger partial charge is 0.126 e. The molecule has 3 atom stereocenters. The molecule has 3 fully saturated rings. The van der Waals surface area contributed by atoms with Crippen molar-refractivity contribution in [3.63, 3.8) is 0 Å². The number of nitrogens with zero attached hydrogens (tertiary/aromatic N) is 2. The first-order valence-electron chi connectivity index (χ1n) is 8.41. The van der Waals surface area contributed by atoms with E-state index in [9.17, 15) is 0 Å². The minimum absolute atomic E-state index is 0.157. The first kappa shape index (κ1) is 14.3. The predicted molar refractivity (Wildman–Crippen MR) is 86.1 cm³/mol. The largest absolute Gasteiger partial charge is 0.395 e. The molecule has 1 spiro atoms. The van der Waals surface area contributed by atoms with Gasteiger partial charge in [0.15, 0.2) is 0 Å². The number of anilines is 2. The molecule has 120 valence electrons. The number of ether oxygens (including phenoxy) is 1. The van der Waals surface area contributed by atoms with E-state index in [1.807, 2.05) is 18.1 Å². The lowest BCUT2D eigenvalue weighted by Gasteiger charge is -2.63. The molecule has 0 aromatic carbocycles. The first-order chi connectivity index (χ1) is 10.7. The van der Waals surface area contributed by atoms with Gasteiger partial charge >= 0.3 is 0 Å². The molecular formula is C17H25N3O2. The number of pyridine rings is 1. The Morgan fingerprint density at radius 1 is 1.45 bits per heavy atom. The minimum atomic E-state index is 0.157. The Bertz CT molecular complexity index is 529. The normalized spacial score (nSPS) is 31.3. The summed E-state index contributed by atoms with van der Waals surface area (Å²) in [6, 6.07) is 4.65. The van der Waals surface area contributed by atoms with Crippen molar-refractivity contribution in [2.45, 2.75) is 37.8 Å². The Hall–Kier alpha value is -1.33. The highest BCUT2D eigenvalue weighted by Crippen LogP contribution is 2.63. The second-order valence-electron chi connectivity index (χ2n) is 7.00. The average Bonchev–Trinajstić information content (AvgIpc) is 2.89. The van der Waals surface area contributed by atoms with E-state index in [4.69, 9.17) is 9.84 Å². The van der Waals surface area contributed by atoms with Gasteiger partial charge in [-0.25, -0.2) is 4.98 Å². The van der Waals surface area contributed by atoms with Gasteiger partial charge in [-0.3, -0.25) is 0 Å². The van der Waals surface area contributed by atoms with Crippen molar-refractivity contribution in [3.8, 4) is 0 Å². The molecule has 1 aliphatic heterocycles. The van der Waals surface area contributed by atoms with E-state index in [1.165, 1.54) is 25.7 Å². The fourth-order valence-corrected chi connectivity index (χ4v) is 4.59. The summed E-state index contributed by atoms with van der Waals surface area (Å²) in [4.78, 5) is 6.58. The minimum Gasteiger partial charge on any atom is -0.395 e. The van der Waals surface area contributed by atoms with Crippen LogP contribution >= 0.6 is 0 Å². The van der Waals surface area contributed by atoms with Crippen LogP contribution in [0.4, 0.5) is 11.5 Å². The van der Waals surface area contributed by atoms with Crippen LogP contribution < -0.4 is 10.2 Å². The van der Waals surface area contributed by atoms with E-state index in [0.717, 1.165) is 18.1 Å². The average molecular weight is 303 g/mol. The van der Waals surface area contributed by atoms with Crippen molar-refractivity contribution in [1.29, 1.82) is 0 Å². The molecule has 22 heavy (non-hydrogen) atoms. The van der Waals surface area contributed by atoms with Crippen molar-refractivity contribution in [3.05, 3.63) is 18.3 Å². The summed E-state index contributed by atoms with van der Waals surface area (Å²) in [5.41, 5.74) is 1.42. The molecule has 1 aromatic rings. The van der Waals surface area contributed by atoms with Crippen LogP contribution in [0, 0.1) is 11.3 Å². The maximum absolute atomic E-state index is 9.00. The van der Waals surface area contributed by atoms with Crippen molar-refractivity contribution >= 4 is 11.5 Å². The lowest BCUT2D eigenvalue weighted by molar-refractivity contribution is -0.158. The van der Waals surface area contributed by atoms with Gasteiger partial charge in [-0.2, -0.15) is 0 Å². The van der Waals surface area contributed by atoms with Crippen molar-refractivity contribution in [2.24, 2.45) is 11.3 Å². The van der Waals surface area contributed by atoms with Gasteiger partial charge in [-0.1, -0.05) is 6.42 Å². The number of fused-ring (bicyclic) bond motifs is 2. The molecular weight excluding hydrogens is 278 g/mol. The molecule has 5 heteroatoms. The van der Waals surface area contributed by atoms with Crippen LogP contribution in [-0.4, -0.2) is 49.0 Å². The number of likely N-dealkylation sites (N-methyl/N-ethyl adjacent to an activating group) is 1. The number of aliphatic hydroxyl groups excluding tert-OH is 1. The molecule has 0 radical (unpaired) electrons. The van der Waals surface area contributed by atoms with E-state index in [-0.39, 0.29) is 6.61 Å². The topological polar surface area (TPSA) is 57.6 Å². The van der Waals surface area contributed by atoms with Crippen LogP contribution in [0.3, 0.4) is 0 Å². The highest BCUT2D eigenvalue weighted by molar-refractivity contribution is 5.50. The zero-order chi connectivity index (χ0) is 15.2. The summed E-state index contributed by atoms with van der Waals surface area (Å²) in [5, 5.41) is 12.7. The van der Waals surface area contributed by atoms with Gasteiger partial charge in [0.25, 0.3) is 0 Å². The highest BCUT2D eigenvalue weighted by Gasteiger charge is 2.66. The predicted octanol–water partition coefficient (Wildman–Crippen LogP) is 1.88. The van der Waals surface area contributed by atoms with Crippen molar-refractivity contribution in [2.75, 3.05) is 37.0 Å². The molecule has 2 heterocycles. The standard InChI is InChI=1S/C17H25N3O2/c1-20(8-9-21)12-3-4-14(18-11-12)19-15-13-5-10-22-16(13)17(15)6-2-7-17/h3-4,11,13,15-16,21H,2,5-10H2,1H3,(H,18,19). The number of aromatic nitrogens is 1. The summed E-state index contributed by atoms with van der Waals surface area (Å²) < 4.78 is 5.96. The lowest BCUT2D eigenvalue weighted by Crippen LogP contribution is -2.68. The Labute approximate surface area is 131 Å². The van der Waals surface area contributed by atoms with Crippen molar-refractivity contribution in [1.82, 2.24) is 4.98 Å². The highest BCUT2D eigenvalue weighted by atomic mass is 16.5. The molecule has 3 aliphatic rings. The van der Waals surface area contributed by atoms with Crippen molar-refractivity contribution < 1.29 is 9.84 Å². The van der Waals surface area contributed by atoms with Crippen LogP contribution in [0.2, 0.25) is 0 Å². The summed E-state index contributed by atoms with van der Waals surface area (Å²) in [7, 11) is 1.97. The molecule has 0 amide bonds. The zero-order valence-corrected chi connectivity index (χ0v) is 13.2. The third kappa shape index (κ3) is 2.02. The van der Waals surface area contributed by atoms with Gasteiger partial charge in [0.1, 0.15) is 5.82 Å². The van der Waals surface area contributed by atoms with Crippen LogP contribution in [0.1, 0.15) is 25.7 Å². The molecule has 2 aliphatic carbocycles. The van der Waals surface area contributed by atoms with Crippen LogP contribution in [-0.2, 0) is 4.74 Å². The lowest BCUT2D eigenvalue weighted by atomic mass is 9.46. The van der Waals surface area contributed by atoms with E-state index >= 15 is 0 Å². The van der Waals surface area contributed by atoms with Gasteiger partial charge in [0.05, 0.1) is 24.6 Å². The molecule has 3 unspecified atom stereocenters. The molecule has 1 saturated heterocycles. The van der Waals surface area contributed by atoms with Crippen LogP contribution in [0.15, 0.2) is 18.3 Å². The van der Waals surface area contributed by atoms with Gasteiger partial charge in [0.2, 0.25) is 0 Å². The Kier molecular flexibility index (Phi) is 3.50. The molecule has 2 saturated carbocycles. The van der Waals surface area contributed by atoms with Gasteiger partial charge in [-0.15, -0.1) is 0 Å². The number of nitrogens with one attached hydrogen (secondary N) is 1. The monoisotopic (exact) mass is 303 g/mol. The molecule has 0 bridgehead atoms. The molecule has 4 rings (SSSR count). The Balaban J connectivity index is 1.45. The van der Waals surface area contributed by atoms with E-state index in [2.05, 4.69) is 22.4 Å². The summed E-state index contributed by atoms with van der Waals surface area (Å²) in [6.07, 6.45) is 7.48. The second-order valence-corrected chi connectivity index (χ2v) is 7.00. The fourth-order valence-electron chi connectivity index (χ4n) is 4.59. The fraction of sp³-hybridized carbons (Fsp3) is 0.706. The number of aliphatic hydroxyl groups is 1. The number of hydrogen-bond donors (Lipinski definition) is 2. The van der Waals surface area contributed by atoms with Crippen LogP contribution in [0.5, 0.6) is 0 Å². The third-order valence-electron chi connectivity index (χ3n) is 5.96. The maximum atomic E-state index is 9.00. The number of rotatable bonds is 5. The van der Waals surface area contributed by atoms with Crippen LogP contribution in [0.25, 0.3) is 0 Å². The van der Waals surface area contributed by atoms with Gasteiger partial charge in [-0.05, 0) is 31.4 Å². The summed E-state index contributed by atoms with van der Waals surface area (Å²) in [5.74, 6) is 1.63. The zero-order valence-electron chi connectivity index (χ0n) is 13.2. The maximum Gasteiger partial charge on any atom is 0.126 e. The Morgan fingerprint density at radius 2 is 2.32 bits per heavy atom.